The van der Waals surface area contributed by atoms with E-state index in [2.05, 4.69) is 20.2 Å². The zero-order valence-electron chi connectivity index (χ0n) is 12.5. The van der Waals surface area contributed by atoms with Gasteiger partial charge in [0.25, 0.3) is 0 Å². The third kappa shape index (κ3) is 2.78. The second kappa shape index (κ2) is 6.11. The van der Waals surface area contributed by atoms with Crippen molar-refractivity contribution in [1.82, 2.24) is 14.9 Å². The van der Waals surface area contributed by atoms with Crippen molar-refractivity contribution in [2.75, 3.05) is 26.0 Å². The lowest BCUT2D eigenvalue weighted by molar-refractivity contribution is 0.269. The topological polar surface area (TPSA) is 54.2 Å². The summed E-state index contributed by atoms with van der Waals surface area (Å²) in [5, 5.41) is 3.93. The molecular weight excluding hydrogens is 283 g/mol. The standard InChI is InChI=1S/C16H17FN4O/c1-21(2)13(14-7-4-8-22-14)9-18-16-11-5-3-6-12(17)15(11)19-10-20-16/h3-8,10,13H,9H2,1-2H3,(H,18,19,20). The molecule has 5 nitrogen and oxygen atoms in total. The van der Waals surface area contributed by atoms with Gasteiger partial charge in [-0.1, -0.05) is 6.07 Å². The molecule has 22 heavy (non-hydrogen) atoms. The first-order valence-electron chi connectivity index (χ1n) is 6.99. The van der Waals surface area contributed by atoms with Crippen molar-refractivity contribution in [1.29, 1.82) is 0 Å². The van der Waals surface area contributed by atoms with Crippen LogP contribution in [-0.4, -0.2) is 35.5 Å². The van der Waals surface area contributed by atoms with E-state index in [9.17, 15) is 4.39 Å². The minimum absolute atomic E-state index is 0.0496. The lowest BCUT2D eigenvalue weighted by Crippen LogP contribution is -2.26. The molecule has 0 amide bonds. The predicted octanol–water partition coefficient (Wildman–Crippen LogP) is 3.08. The molecule has 114 valence electrons. The van der Waals surface area contributed by atoms with Gasteiger partial charge >= 0.3 is 0 Å². The highest BCUT2D eigenvalue weighted by atomic mass is 19.1. The minimum Gasteiger partial charge on any atom is -0.468 e. The van der Waals surface area contributed by atoms with E-state index < -0.39 is 0 Å². The average Bonchev–Trinajstić information content (AvgIpc) is 3.02. The fourth-order valence-electron chi connectivity index (χ4n) is 2.40. The summed E-state index contributed by atoms with van der Waals surface area (Å²) in [6, 6.07) is 8.70. The molecule has 1 unspecified atom stereocenters. The van der Waals surface area contributed by atoms with Gasteiger partial charge in [-0.2, -0.15) is 0 Å². The van der Waals surface area contributed by atoms with Crippen molar-refractivity contribution in [2.24, 2.45) is 0 Å². The van der Waals surface area contributed by atoms with Gasteiger partial charge in [-0.3, -0.25) is 4.90 Å². The summed E-state index contributed by atoms with van der Waals surface area (Å²) in [5.74, 6) is 1.13. The van der Waals surface area contributed by atoms with E-state index in [0.29, 0.717) is 23.3 Å². The number of rotatable bonds is 5. The van der Waals surface area contributed by atoms with Gasteiger partial charge in [0.15, 0.2) is 0 Å². The normalized spacial score (nSPS) is 12.7. The Morgan fingerprint density at radius 1 is 1.23 bits per heavy atom. The largest absolute Gasteiger partial charge is 0.468 e. The molecule has 6 heteroatoms. The number of hydrogen-bond acceptors (Lipinski definition) is 5. The molecule has 0 saturated carbocycles. The maximum Gasteiger partial charge on any atom is 0.149 e. The van der Waals surface area contributed by atoms with Crippen LogP contribution in [0.2, 0.25) is 0 Å². The van der Waals surface area contributed by atoms with Crippen LogP contribution in [0, 0.1) is 5.82 Å². The molecule has 0 radical (unpaired) electrons. The Labute approximate surface area is 127 Å². The highest BCUT2D eigenvalue weighted by molar-refractivity contribution is 5.89. The van der Waals surface area contributed by atoms with Crippen molar-refractivity contribution >= 4 is 16.7 Å². The number of benzene rings is 1. The summed E-state index contributed by atoms with van der Waals surface area (Å²) < 4.78 is 19.3. The van der Waals surface area contributed by atoms with E-state index in [4.69, 9.17) is 4.42 Å². The second-order valence-corrected chi connectivity index (χ2v) is 5.23. The van der Waals surface area contributed by atoms with Crippen LogP contribution in [0.15, 0.2) is 47.3 Å². The summed E-state index contributed by atoms with van der Waals surface area (Å²) >= 11 is 0. The molecule has 3 aromatic rings. The predicted molar refractivity (Wildman–Crippen MR) is 83.1 cm³/mol. The Hall–Kier alpha value is -2.47. The van der Waals surface area contributed by atoms with Crippen molar-refractivity contribution in [3.8, 4) is 0 Å². The van der Waals surface area contributed by atoms with Gasteiger partial charge in [-0.05, 0) is 38.4 Å². The molecule has 3 rings (SSSR count). The van der Waals surface area contributed by atoms with Crippen molar-refractivity contribution in [3.05, 3.63) is 54.5 Å². The molecule has 0 aliphatic carbocycles. The van der Waals surface area contributed by atoms with Gasteiger partial charge in [0, 0.05) is 11.9 Å². The Morgan fingerprint density at radius 3 is 2.82 bits per heavy atom. The molecule has 1 atom stereocenters. The summed E-state index contributed by atoms with van der Waals surface area (Å²) in [4.78, 5) is 10.3. The van der Waals surface area contributed by atoms with Gasteiger partial charge in [0.05, 0.1) is 12.3 Å². The number of hydrogen-bond donors (Lipinski definition) is 1. The maximum atomic E-state index is 13.8. The number of halogens is 1. The van der Waals surface area contributed by atoms with Crippen molar-refractivity contribution < 1.29 is 8.81 Å². The zero-order valence-corrected chi connectivity index (χ0v) is 12.5. The van der Waals surface area contributed by atoms with Crippen LogP contribution in [0.1, 0.15) is 11.8 Å². The quantitative estimate of drug-likeness (QED) is 0.785. The first-order valence-corrected chi connectivity index (χ1v) is 6.99. The first kappa shape index (κ1) is 14.5. The van der Waals surface area contributed by atoms with E-state index in [1.807, 2.05) is 26.2 Å². The van der Waals surface area contributed by atoms with Crippen LogP contribution >= 0.6 is 0 Å². The Balaban J connectivity index is 1.86. The van der Waals surface area contributed by atoms with Gasteiger partial charge in [-0.15, -0.1) is 0 Å². The third-order valence-electron chi connectivity index (χ3n) is 3.57. The Kier molecular flexibility index (Phi) is 4.02. The Bertz CT molecular complexity index is 758. The molecule has 0 fully saturated rings. The monoisotopic (exact) mass is 300 g/mol. The molecule has 0 aliphatic heterocycles. The number of likely N-dealkylation sites (N-methyl/N-ethyl adjacent to an activating group) is 1. The van der Waals surface area contributed by atoms with E-state index in [1.165, 1.54) is 12.4 Å². The van der Waals surface area contributed by atoms with Gasteiger partial charge in [0.2, 0.25) is 0 Å². The number of nitrogens with one attached hydrogen (secondary N) is 1. The maximum absolute atomic E-state index is 13.8. The van der Waals surface area contributed by atoms with E-state index in [0.717, 1.165) is 5.76 Å². The van der Waals surface area contributed by atoms with Crippen LogP contribution < -0.4 is 5.32 Å². The van der Waals surface area contributed by atoms with E-state index >= 15 is 0 Å². The smallest absolute Gasteiger partial charge is 0.149 e. The first-order chi connectivity index (χ1) is 10.7. The van der Waals surface area contributed by atoms with Gasteiger partial charge in [-0.25, -0.2) is 14.4 Å². The van der Waals surface area contributed by atoms with Crippen LogP contribution in [-0.2, 0) is 0 Å². The summed E-state index contributed by atoms with van der Waals surface area (Å²) in [7, 11) is 3.96. The molecule has 0 saturated heterocycles. The van der Waals surface area contributed by atoms with Crippen LogP contribution in [0.25, 0.3) is 10.9 Å². The summed E-state index contributed by atoms with van der Waals surface area (Å²) in [6.07, 6.45) is 3.02. The average molecular weight is 300 g/mol. The number of para-hydroxylation sites is 1. The lowest BCUT2D eigenvalue weighted by atomic mass is 10.2. The number of nitrogens with zero attached hydrogens (tertiary/aromatic N) is 3. The number of fused-ring (bicyclic) bond motifs is 1. The molecule has 2 aromatic heterocycles. The number of aromatic nitrogens is 2. The third-order valence-corrected chi connectivity index (χ3v) is 3.57. The summed E-state index contributed by atoms with van der Waals surface area (Å²) in [6.45, 7) is 0.586. The number of anilines is 1. The molecule has 2 heterocycles. The highest BCUT2D eigenvalue weighted by Crippen LogP contribution is 2.23. The molecular formula is C16H17FN4O. The van der Waals surface area contributed by atoms with Crippen LogP contribution in [0.5, 0.6) is 0 Å². The fourth-order valence-corrected chi connectivity index (χ4v) is 2.40. The number of furan rings is 1. The fraction of sp³-hybridized carbons (Fsp3) is 0.250. The van der Waals surface area contributed by atoms with Crippen LogP contribution in [0.4, 0.5) is 10.2 Å². The highest BCUT2D eigenvalue weighted by Gasteiger charge is 2.17. The molecule has 0 bridgehead atoms. The SMILES string of the molecule is CN(C)C(CNc1ncnc2c(F)cccc12)c1ccco1. The zero-order chi connectivity index (χ0) is 15.5. The van der Waals surface area contributed by atoms with Gasteiger partial charge < -0.3 is 9.73 Å². The van der Waals surface area contributed by atoms with Crippen LogP contribution in [0.3, 0.4) is 0 Å². The lowest BCUT2D eigenvalue weighted by Gasteiger charge is -2.23. The van der Waals surface area contributed by atoms with Gasteiger partial charge in [0.1, 0.15) is 29.2 Å². The van der Waals surface area contributed by atoms with Crippen molar-refractivity contribution in [2.45, 2.75) is 6.04 Å². The minimum atomic E-state index is -0.349. The second-order valence-electron chi connectivity index (χ2n) is 5.23. The van der Waals surface area contributed by atoms with E-state index in [-0.39, 0.29) is 11.9 Å². The van der Waals surface area contributed by atoms with Crippen molar-refractivity contribution in [3.63, 3.8) is 0 Å². The molecule has 0 spiro atoms. The Morgan fingerprint density at radius 2 is 2.09 bits per heavy atom. The summed E-state index contributed by atoms with van der Waals surface area (Å²) in [5.41, 5.74) is 0.319. The molecule has 0 aliphatic rings. The molecule has 1 aromatic carbocycles. The van der Waals surface area contributed by atoms with E-state index in [1.54, 1.807) is 18.4 Å². The molecule has 1 N–H and O–H groups in total.